The second-order valence-corrected chi connectivity index (χ2v) is 11.0. The van der Waals surface area contributed by atoms with E-state index in [1.165, 1.54) is 30.2 Å². The third-order valence-electron chi connectivity index (χ3n) is 7.29. The average molecular weight is 615 g/mol. The predicted octanol–water partition coefficient (Wildman–Crippen LogP) is 6.38. The lowest BCUT2D eigenvalue weighted by Gasteiger charge is -2.33. The first-order valence-corrected chi connectivity index (χ1v) is 14.5. The molecule has 0 spiro atoms. The lowest BCUT2D eigenvalue weighted by molar-refractivity contribution is -0.385. The van der Waals surface area contributed by atoms with Crippen LogP contribution in [-0.4, -0.2) is 47.4 Å². The van der Waals surface area contributed by atoms with E-state index in [0.717, 1.165) is 37.7 Å². The van der Waals surface area contributed by atoms with Crippen molar-refractivity contribution in [3.63, 3.8) is 0 Å². The molecule has 1 aliphatic rings. The molecule has 1 fully saturated rings. The molecule has 1 saturated carbocycles. The SMILES string of the molecule is COc1cc(OCC(=O)N(Cc2ccc(Cl)cc2Cl)C(Cc2ccccc2)C(=O)NC2CCCCC2)ccc1[N+](=O)[O-]. The largest absolute Gasteiger partial charge is 0.490 e. The summed E-state index contributed by atoms with van der Waals surface area (Å²) in [5.74, 6) is -0.496. The van der Waals surface area contributed by atoms with Gasteiger partial charge in [0, 0.05) is 41.2 Å². The van der Waals surface area contributed by atoms with Crippen LogP contribution >= 0.6 is 23.2 Å². The Kier molecular flexibility index (Phi) is 11.0. The van der Waals surface area contributed by atoms with Crippen molar-refractivity contribution in [2.45, 2.75) is 57.2 Å². The van der Waals surface area contributed by atoms with Crippen LogP contribution in [0.2, 0.25) is 10.0 Å². The Balaban J connectivity index is 1.64. The van der Waals surface area contributed by atoms with Gasteiger partial charge in [-0.3, -0.25) is 19.7 Å². The molecule has 0 radical (unpaired) electrons. The molecule has 0 aromatic heterocycles. The van der Waals surface area contributed by atoms with E-state index < -0.39 is 23.5 Å². The number of amides is 2. The summed E-state index contributed by atoms with van der Waals surface area (Å²) in [5.41, 5.74) is 1.29. The summed E-state index contributed by atoms with van der Waals surface area (Å²) in [4.78, 5) is 39.9. The number of nitrogens with one attached hydrogen (secondary N) is 1. The van der Waals surface area contributed by atoms with Crippen molar-refractivity contribution in [2.24, 2.45) is 0 Å². The minimum Gasteiger partial charge on any atom is -0.490 e. The van der Waals surface area contributed by atoms with Crippen LogP contribution in [0.3, 0.4) is 0 Å². The number of nitro groups is 1. The van der Waals surface area contributed by atoms with Crippen LogP contribution in [0, 0.1) is 10.1 Å². The van der Waals surface area contributed by atoms with Crippen molar-refractivity contribution in [2.75, 3.05) is 13.7 Å². The maximum Gasteiger partial charge on any atom is 0.311 e. The van der Waals surface area contributed by atoms with Crippen molar-refractivity contribution in [3.05, 3.63) is 98.0 Å². The number of hydrogen-bond acceptors (Lipinski definition) is 6. The van der Waals surface area contributed by atoms with Crippen LogP contribution in [0.5, 0.6) is 11.5 Å². The van der Waals surface area contributed by atoms with Gasteiger partial charge in [-0.2, -0.15) is 0 Å². The summed E-state index contributed by atoms with van der Waals surface area (Å²) in [5, 5.41) is 15.3. The molecule has 1 aliphatic carbocycles. The number of rotatable bonds is 12. The Morgan fingerprint density at radius 3 is 2.45 bits per heavy atom. The molecule has 3 aromatic rings. The maximum absolute atomic E-state index is 13.9. The Morgan fingerprint density at radius 2 is 1.79 bits per heavy atom. The van der Waals surface area contributed by atoms with Gasteiger partial charge in [0.05, 0.1) is 12.0 Å². The molecule has 2 amide bonds. The Hall–Kier alpha value is -3.82. The summed E-state index contributed by atoms with van der Waals surface area (Å²) >= 11 is 12.6. The number of carbonyl (C=O) groups excluding carboxylic acids is 2. The molecule has 0 saturated heterocycles. The Labute approximate surface area is 254 Å². The van der Waals surface area contributed by atoms with Gasteiger partial charge >= 0.3 is 5.69 Å². The highest BCUT2D eigenvalue weighted by atomic mass is 35.5. The molecule has 9 nitrogen and oxygen atoms in total. The second-order valence-electron chi connectivity index (χ2n) is 10.2. The van der Waals surface area contributed by atoms with Crippen molar-refractivity contribution >= 4 is 40.7 Å². The maximum atomic E-state index is 13.9. The molecule has 0 bridgehead atoms. The first-order valence-electron chi connectivity index (χ1n) is 13.8. The van der Waals surface area contributed by atoms with Crippen molar-refractivity contribution in [1.29, 1.82) is 0 Å². The zero-order valence-corrected chi connectivity index (χ0v) is 24.8. The highest BCUT2D eigenvalue weighted by molar-refractivity contribution is 6.35. The first kappa shape index (κ1) is 31.1. The fourth-order valence-corrected chi connectivity index (χ4v) is 5.53. The Bertz CT molecular complexity index is 1400. The number of hydrogen-bond donors (Lipinski definition) is 1. The van der Waals surface area contributed by atoms with Gasteiger partial charge in [0.1, 0.15) is 11.8 Å². The fourth-order valence-electron chi connectivity index (χ4n) is 5.06. The Morgan fingerprint density at radius 1 is 1.05 bits per heavy atom. The smallest absolute Gasteiger partial charge is 0.311 e. The summed E-state index contributed by atoms with van der Waals surface area (Å²) in [7, 11) is 1.31. The summed E-state index contributed by atoms with van der Waals surface area (Å²) < 4.78 is 10.9. The van der Waals surface area contributed by atoms with E-state index in [2.05, 4.69) is 5.32 Å². The fraction of sp³-hybridized carbons (Fsp3) is 0.355. The molecular weight excluding hydrogens is 581 g/mol. The highest BCUT2D eigenvalue weighted by Crippen LogP contribution is 2.31. The minimum atomic E-state index is -0.858. The van der Waals surface area contributed by atoms with Crippen molar-refractivity contribution in [1.82, 2.24) is 10.2 Å². The molecular formula is C31H33Cl2N3O6. The van der Waals surface area contributed by atoms with Gasteiger partial charge in [-0.25, -0.2) is 0 Å². The topological polar surface area (TPSA) is 111 Å². The standard InChI is InChI=1S/C31H33Cl2N3O6/c1-41-29-18-25(14-15-27(29)36(39)40)42-20-30(37)35(19-22-12-13-23(32)17-26(22)33)28(16-21-8-4-2-5-9-21)31(38)34-24-10-6-3-7-11-24/h2,4-5,8-9,12-15,17-18,24,28H,3,6-7,10-11,16,19-20H2,1H3,(H,34,38). The van der Waals surface area contributed by atoms with E-state index in [1.807, 2.05) is 30.3 Å². The van der Waals surface area contributed by atoms with Gasteiger partial charge in [-0.1, -0.05) is 78.9 Å². The zero-order valence-electron chi connectivity index (χ0n) is 23.3. The minimum absolute atomic E-state index is 0.00330. The van der Waals surface area contributed by atoms with Gasteiger partial charge in [0.25, 0.3) is 5.91 Å². The zero-order chi connectivity index (χ0) is 30.1. The van der Waals surface area contributed by atoms with E-state index in [-0.39, 0.29) is 42.1 Å². The first-order chi connectivity index (χ1) is 20.2. The lowest BCUT2D eigenvalue weighted by atomic mass is 9.94. The average Bonchev–Trinajstić information content (AvgIpc) is 2.99. The molecule has 3 aromatic carbocycles. The normalized spacial score (nSPS) is 14.1. The lowest BCUT2D eigenvalue weighted by Crippen LogP contribution is -2.53. The van der Waals surface area contributed by atoms with Gasteiger partial charge in [0.15, 0.2) is 6.61 Å². The van der Waals surface area contributed by atoms with E-state index in [4.69, 9.17) is 32.7 Å². The number of benzene rings is 3. The van der Waals surface area contributed by atoms with Crippen LogP contribution in [0.1, 0.15) is 43.2 Å². The predicted molar refractivity (Wildman–Crippen MR) is 161 cm³/mol. The van der Waals surface area contributed by atoms with E-state index >= 15 is 0 Å². The number of nitrogens with zero attached hydrogens (tertiary/aromatic N) is 2. The van der Waals surface area contributed by atoms with Crippen LogP contribution in [0.15, 0.2) is 66.7 Å². The van der Waals surface area contributed by atoms with Crippen LogP contribution in [0.4, 0.5) is 5.69 Å². The van der Waals surface area contributed by atoms with Crippen molar-refractivity contribution in [3.8, 4) is 11.5 Å². The number of ether oxygens (including phenoxy) is 2. The quantitative estimate of drug-likeness (QED) is 0.187. The van der Waals surface area contributed by atoms with Crippen LogP contribution in [-0.2, 0) is 22.6 Å². The molecule has 4 rings (SSSR count). The molecule has 222 valence electrons. The number of nitro benzene ring substituents is 1. The third-order valence-corrected chi connectivity index (χ3v) is 7.88. The van der Waals surface area contributed by atoms with Gasteiger partial charge in [0.2, 0.25) is 11.7 Å². The van der Waals surface area contributed by atoms with Crippen LogP contribution < -0.4 is 14.8 Å². The molecule has 1 atom stereocenters. The third kappa shape index (κ3) is 8.36. The van der Waals surface area contributed by atoms with E-state index in [9.17, 15) is 19.7 Å². The summed E-state index contributed by atoms with van der Waals surface area (Å²) in [6.07, 6.45) is 5.30. The molecule has 1 N–H and O–H groups in total. The van der Waals surface area contributed by atoms with Gasteiger partial charge in [-0.05, 0) is 42.2 Å². The monoisotopic (exact) mass is 613 g/mol. The number of halogens is 2. The molecule has 0 heterocycles. The highest BCUT2D eigenvalue weighted by Gasteiger charge is 2.32. The number of methoxy groups -OCH3 is 1. The van der Waals surface area contributed by atoms with Crippen molar-refractivity contribution < 1.29 is 24.0 Å². The van der Waals surface area contributed by atoms with Gasteiger partial charge < -0.3 is 19.7 Å². The molecule has 11 heteroatoms. The van der Waals surface area contributed by atoms with E-state index in [0.29, 0.717) is 15.6 Å². The van der Waals surface area contributed by atoms with Gasteiger partial charge in [-0.15, -0.1) is 0 Å². The number of carbonyl (C=O) groups is 2. The van der Waals surface area contributed by atoms with Crippen LogP contribution in [0.25, 0.3) is 0 Å². The van der Waals surface area contributed by atoms with E-state index in [1.54, 1.807) is 18.2 Å². The molecule has 42 heavy (non-hydrogen) atoms. The molecule has 1 unspecified atom stereocenters. The molecule has 0 aliphatic heterocycles. The second kappa shape index (κ2) is 14.9. The summed E-state index contributed by atoms with van der Waals surface area (Å²) in [6.45, 7) is -0.383. The summed E-state index contributed by atoms with van der Waals surface area (Å²) in [6, 6.07) is 17.7.